The standard InChI is InChI=1S/C27H30N4O3S/c1-7-34-26(33)23-17(2)28-27-31(24(23)19-10-14-21(15-11-19)30(5)6)25(32)22(35-27)16-18-8-12-20(13-9-18)29(3)4/h8-16,24H,7H2,1-6H3/b22-16+/t24-/m1/s1. The molecule has 8 heteroatoms. The lowest BCUT2D eigenvalue weighted by molar-refractivity contribution is -0.139. The van der Waals surface area contributed by atoms with Gasteiger partial charge in [-0.2, -0.15) is 0 Å². The van der Waals surface area contributed by atoms with Gasteiger partial charge < -0.3 is 14.5 Å². The van der Waals surface area contributed by atoms with Crippen LogP contribution in [0.5, 0.6) is 0 Å². The number of thiazole rings is 1. The lowest BCUT2D eigenvalue weighted by Crippen LogP contribution is -2.39. The number of allylic oxidation sites excluding steroid dienone is 1. The molecule has 0 saturated heterocycles. The zero-order valence-electron chi connectivity index (χ0n) is 20.9. The van der Waals surface area contributed by atoms with Crippen molar-refractivity contribution < 1.29 is 9.53 Å². The van der Waals surface area contributed by atoms with Gasteiger partial charge in [-0.3, -0.25) is 9.36 Å². The van der Waals surface area contributed by atoms with Gasteiger partial charge in [-0.05, 0) is 55.3 Å². The average Bonchev–Trinajstić information content (AvgIpc) is 3.13. The molecule has 182 valence electrons. The number of carbonyl (C=O) groups excluding carboxylic acids is 1. The van der Waals surface area contributed by atoms with E-state index >= 15 is 0 Å². The van der Waals surface area contributed by atoms with E-state index in [1.54, 1.807) is 18.4 Å². The van der Waals surface area contributed by atoms with Crippen molar-refractivity contribution in [2.45, 2.75) is 19.9 Å². The van der Waals surface area contributed by atoms with Gasteiger partial charge in [0, 0.05) is 39.6 Å². The number of aromatic nitrogens is 1. The van der Waals surface area contributed by atoms with Crippen molar-refractivity contribution in [3.63, 3.8) is 0 Å². The fraction of sp³-hybridized carbons (Fsp3) is 0.296. The number of anilines is 2. The number of carbonyl (C=O) groups is 1. The molecule has 35 heavy (non-hydrogen) atoms. The molecule has 1 aliphatic rings. The molecule has 0 bridgehead atoms. The molecule has 1 aliphatic heterocycles. The van der Waals surface area contributed by atoms with E-state index in [9.17, 15) is 9.59 Å². The van der Waals surface area contributed by atoms with E-state index in [1.165, 1.54) is 11.3 Å². The second-order valence-electron chi connectivity index (χ2n) is 8.77. The second kappa shape index (κ2) is 9.92. The van der Waals surface area contributed by atoms with Gasteiger partial charge in [0.15, 0.2) is 4.80 Å². The lowest BCUT2D eigenvalue weighted by atomic mass is 9.95. The molecule has 0 amide bonds. The van der Waals surface area contributed by atoms with Crippen LogP contribution in [0.3, 0.4) is 0 Å². The van der Waals surface area contributed by atoms with Gasteiger partial charge in [0.2, 0.25) is 0 Å². The third-order valence-electron chi connectivity index (χ3n) is 5.95. The van der Waals surface area contributed by atoms with Crippen LogP contribution in [0.2, 0.25) is 0 Å². The van der Waals surface area contributed by atoms with E-state index in [2.05, 4.69) is 4.99 Å². The topological polar surface area (TPSA) is 67.1 Å². The van der Waals surface area contributed by atoms with E-state index in [0.717, 1.165) is 22.5 Å². The van der Waals surface area contributed by atoms with Crippen LogP contribution < -0.4 is 24.7 Å². The van der Waals surface area contributed by atoms with Crippen molar-refractivity contribution in [3.8, 4) is 0 Å². The minimum absolute atomic E-state index is 0.179. The smallest absolute Gasteiger partial charge is 0.338 e. The highest BCUT2D eigenvalue weighted by molar-refractivity contribution is 7.07. The van der Waals surface area contributed by atoms with Crippen molar-refractivity contribution in [1.82, 2.24) is 4.57 Å². The molecule has 0 N–H and O–H groups in total. The molecule has 2 heterocycles. The number of hydrogen-bond acceptors (Lipinski definition) is 7. The molecule has 0 saturated carbocycles. The van der Waals surface area contributed by atoms with Crippen LogP contribution in [0.1, 0.15) is 31.0 Å². The Kier molecular flexibility index (Phi) is 6.93. The van der Waals surface area contributed by atoms with E-state index in [1.807, 2.05) is 92.6 Å². The summed E-state index contributed by atoms with van der Waals surface area (Å²) in [4.78, 5) is 35.9. The molecule has 7 nitrogen and oxygen atoms in total. The minimum Gasteiger partial charge on any atom is -0.463 e. The maximum absolute atomic E-state index is 13.7. The number of benzene rings is 2. The number of hydrogen-bond donors (Lipinski definition) is 0. The average molecular weight is 491 g/mol. The molecule has 1 atom stereocenters. The van der Waals surface area contributed by atoms with Crippen molar-refractivity contribution in [1.29, 1.82) is 0 Å². The molecule has 0 fully saturated rings. The molecule has 0 aliphatic carbocycles. The van der Waals surface area contributed by atoms with Crippen LogP contribution in [0.25, 0.3) is 6.08 Å². The Morgan fingerprint density at radius 3 is 2.14 bits per heavy atom. The number of fused-ring (bicyclic) bond motifs is 1. The third kappa shape index (κ3) is 4.79. The van der Waals surface area contributed by atoms with Crippen LogP contribution in [0, 0.1) is 0 Å². The van der Waals surface area contributed by atoms with Gasteiger partial charge in [0.25, 0.3) is 5.56 Å². The summed E-state index contributed by atoms with van der Waals surface area (Å²) in [6, 6.07) is 15.3. The number of ether oxygens (including phenoxy) is 1. The Balaban J connectivity index is 1.88. The highest BCUT2D eigenvalue weighted by Crippen LogP contribution is 2.31. The zero-order chi connectivity index (χ0) is 25.3. The Hall–Kier alpha value is -3.65. The SMILES string of the molecule is CCOC(=O)C1=C(C)N=c2s/c(=C/c3ccc(N(C)C)cc3)c(=O)n2[C@@H]1c1ccc(N(C)C)cc1. The van der Waals surface area contributed by atoms with Crippen LogP contribution in [-0.4, -0.2) is 45.3 Å². The molecular weight excluding hydrogens is 460 g/mol. The predicted octanol–water partition coefficient (Wildman–Crippen LogP) is 2.93. The summed E-state index contributed by atoms with van der Waals surface area (Å²) >= 11 is 1.33. The van der Waals surface area contributed by atoms with Crippen molar-refractivity contribution in [3.05, 3.63) is 90.6 Å². The maximum Gasteiger partial charge on any atom is 0.338 e. The van der Waals surface area contributed by atoms with Gasteiger partial charge >= 0.3 is 5.97 Å². The first kappa shape index (κ1) is 24.5. The summed E-state index contributed by atoms with van der Waals surface area (Å²) in [5.74, 6) is -0.455. The second-order valence-corrected chi connectivity index (χ2v) is 9.78. The van der Waals surface area contributed by atoms with Crippen molar-refractivity contribution in [2.75, 3.05) is 44.6 Å². The molecule has 1 aromatic heterocycles. The zero-order valence-corrected chi connectivity index (χ0v) is 21.7. The minimum atomic E-state index is -0.611. The molecule has 0 unspecified atom stereocenters. The summed E-state index contributed by atoms with van der Waals surface area (Å²) in [6.45, 7) is 3.81. The summed E-state index contributed by atoms with van der Waals surface area (Å²) < 4.78 is 7.55. The summed E-state index contributed by atoms with van der Waals surface area (Å²) in [6.07, 6.45) is 1.87. The molecule has 3 aromatic rings. The van der Waals surface area contributed by atoms with Gasteiger partial charge in [0.1, 0.15) is 0 Å². The van der Waals surface area contributed by atoms with Crippen LogP contribution in [0.15, 0.2) is 69.6 Å². The Bertz CT molecular complexity index is 1450. The van der Waals surface area contributed by atoms with E-state index in [-0.39, 0.29) is 12.2 Å². The van der Waals surface area contributed by atoms with Gasteiger partial charge in [-0.1, -0.05) is 35.6 Å². The van der Waals surface area contributed by atoms with Crippen molar-refractivity contribution in [2.24, 2.45) is 4.99 Å². The van der Waals surface area contributed by atoms with E-state index in [4.69, 9.17) is 4.74 Å². The Labute approximate surface area is 208 Å². The van der Waals surface area contributed by atoms with E-state index in [0.29, 0.717) is 20.6 Å². The monoisotopic (exact) mass is 490 g/mol. The van der Waals surface area contributed by atoms with Gasteiger partial charge in [-0.25, -0.2) is 9.79 Å². The molecule has 0 spiro atoms. The lowest BCUT2D eigenvalue weighted by Gasteiger charge is -2.25. The Morgan fingerprint density at radius 2 is 1.60 bits per heavy atom. The van der Waals surface area contributed by atoms with Crippen LogP contribution in [0.4, 0.5) is 11.4 Å². The molecule has 4 rings (SSSR count). The fourth-order valence-corrected chi connectivity index (χ4v) is 5.13. The number of nitrogens with zero attached hydrogens (tertiary/aromatic N) is 4. The first-order valence-electron chi connectivity index (χ1n) is 11.5. The summed E-state index contributed by atoms with van der Waals surface area (Å²) in [5, 5.41) is 0. The van der Waals surface area contributed by atoms with E-state index < -0.39 is 12.0 Å². The number of rotatable bonds is 6. The predicted molar refractivity (Wildman–Crippen MR) is 142 cm³/mol. The summed E-state index contributed by atoms with van der Waals surface area (Å²) in [7, 11) is 7.91. The quantitative estimate of drug-likeness (QED) is 0.497. The van der Waals surface area contributed by atoms with Gasteiger partial charge in [0.05, 0.1) is 28.5 Å². The molecular formula is C27H30N4O3S. The summed E-state index contributed by atoms with van der Waals surface area (Å²) in [5.41, 5.74) is 4.64. The number of esters is 1. The Morgan fingerprint density at radius 1 is 1.03 bits per heavy atom. The largest absolute Gasteiger partial charge is 0.463 e. The normalized spacial score (nSPS) is 15.5. The maximum atomic E-state index is 13.7. The first-order chi connectivity index (χ1) is 16.7. The fourth-order valence-electron chi connectivity index (χ4n) is 4.08. The highest BCUT2D eigenvalue weighted by Gasteiger charge is 2.33. The molecule has 0 radical (unpaired) electrons. The van der Waals surface area contributed by atoms with Crippen LogP contribution in [-0.2, 0) is 9.53 Å². The van der Waals surface area contributed by atoms with Crippen molar-refractivity contribution >= 4 is 34.8 Å². The first-order valence-corrected chi connectivity index (χ1v) is 12.3. The third-order valence-corrected chi connectivity index (χ3v) is 6.93. The van der Waals surface area contributed by atoms with Gasteiger partial charge in [-0.15, -0.1) is 0 Å². The molecule has 2 aromatic carbocycles. The highest BCUT2D eigenvalue weighted by atomic mass is 32.1. The van der Waals surface area contributed by atoms with Crippen LogP contribution >= 0.6 is 11.3 Å².